The lowest BCUT2D eigenvalue weighted by atomic mass is 9.89. The van der Waals surface area contributed by atoms with E-state index in [4.69, 9.17) is 14.2 Å². The zero-order chi connectivity index (χ0) is 17.6. The second-order valence-corrected chi connectivity index (χ2v) is 5.77. The highest BCUT2D eigenvalue weighted by molar-refractivity contribution is 5.87. The Morgan fingerprint density at radius 2 is 2.00 bits per heavy atom. The Balaban J connectivity index is 3.04. The second kappa shape index (κ2) is 9.00. The van der Waals surface area contributed by atoms with Gasteiger partial charge in [0.15, 0.2) is 6.29 Å². The van der Waals surface area contributed by atoms with E-state index in [-0.39, 0.29) is 24.0 Å². The molecular weight excluding hydrogens is 302 g/mol. The van der Waals surface area contributed by atoms with Crippen molar-refractivity contribution in [1.82, 2.24) is 5.32 Å². The number of carboxylic acids is 1. The summed E-state index contributed by atoms with van der Waals surface area (Å²) in [6.45, 7) is 9.18. The molecule has 2 N–H and O–H groups in total. The van der Waals surface area contributed by atoms with E-state index >= 15 is 0 Å². The first-order chi connectivity index (χ1) is 10.7. The number of hydrogen-bond donors (Lipinski definition) is 2. The molecule has 4 atom stereocenters. The third-order valence-corrected chi connectivity index (χ3v) is 3.38. The largest absolute Gasteiger partial charge is 0.478 e. The van der Waals surface area contributed by atoms with Crippen LogP contribution in [0.2, 0.25) is 0 Å². The first-order valence-electron chi connectivity index (χ1n) is 7.88. The zero-order valence-electron chi connectivity index (χ0n) is 14.4. The van der Waals surface area contributed by atoms with Crippen LogP contribution >= 0.6 is 0 Å². The number of aliphatic carboxylic acids is 1. The van der Waals surface area contributed by atoms with Crippen molar-refractivity contribution in [3.8, 4) is 0 Å². The van der Waals surface area contributed by atoms with Gasteiger partial charge in [0.2, 0.25) is 5.91 Å². The van der Waals surface area contributed by atoms with E-state index in [1.807, 2.05) is 20.8 Å². The standard InChI is InChI=1S/C16H27NO6/c1-6-21-11(5)23-14-8-12(16(19)20)7-13(22-9(2)3)15(14)17-10(4)18/h7,9,11,13-15H,6,8H2,1-5H3,(H,17,18)(H,19,20)/t11?,13-,14-,15+/m1/s1. The minimum atomic E-state index is -1.01. The maximum absolute atomic E-state index is 11.5. The number of carbonyl (C=O) groups excluding carboxylic acids is 1. The van der Waals surface area contributed by atoms with Crippen molar-refractivity contribution in [1.29, 1.82) is 0 Å². The molecule has 0 radical (unpaired) electrons. The zero-order valence-corrected chi connectivity index (χ0v) is 14.4. The quantitative estimate of drug-likeness (QED) is 0.655. The SMILES string of the molecule is CCOC(C)O[C@@H]1CC(C(=O)O)=C[C@@H](OC(C)C)[C@@H]1NC(C)=O. The summed E-state index contributed by atoms with van der Waals surface area (Å²) in [5.74, 6) is -1.24. The van der Waals surface area contributed by atoms with Gasteiger partial charge in [0, 0.05) is 25.5 Å². The highest BCUT2D eigenvalue weighted by Gasteiger charge is 2.38. The second-order valence-electron chi connectivity index (χ2n) is 5.77. The molecule has 0 spiro atoms. The van der Waals surface area contributed by atoms with E-state index < -0.39 is 30.5 Å². The highest BCUT2D eigenvalue weighted by atomic mass is 16.7. The Bertz CT molecular complexity index is 448. The molecule has 0 aliphatic heterocycles. The summed E-state index contributed by atoms with van der Waals surface area (Å²) in [4.78, 5) is 22.9. The molecule has 1 aliphatic carbocycles. The lowest BCUT2D eigenvalue weighted by Gasteiger charge is -2.38. The molecule has 0 aromatic carbocycles. The molecule has 0 aromatic rings. The molecule has 1 unspecified atom stereocenters. The van der Waals surface area contributed by atoms with Gasteiger partial charge in [0.25, 0.3) is 0 Å². The molecule has 23 heavy (non-hydrogen) atoms. The number of nitrogens with one attached hydrogen (secondary N) is 1. The molecule has 1 rings (SSSR count). The molecule has 0 aromatic heterocycles. The fraction of sp³-hybridized carbons (Fsp3) is 0.750. The van der Waals surface area contributed by atoms with Crippen molar-refractivity contribution in [3.63, 3.8) is 0 Å². The Kier molecular flexibility index (Phi) is 7.67. The maximum atomic E-state index is 11.5. The molecule has 0 bridgehead atoms. The van der Waals surface area contributed by atoms with E-state index in [1.54, 1.807) is 13.0 Å². The lowest BCUT2D eigenvalue weighted by Crippen LogP contribution is -2.55. The van der Waals surface area contributed by atoms with Crippen molar-refractivity contribution >= 4 is 11.9 Å². The molecule has 0 saturated heterocycles. The average molecular weight is 329 g/mol. The van der Waals surface area contributed by atoms with Crippen LogP contribution in [0.4, 0.5) is 0 Å². The number of ether oxygens (including phenoxy) is 3. The van der Waals surface area contributed by atoms with Crippen LogP contribution in [-0.4, -0.2) is 54.2 Å². The van der Waals surface area contributed by atoms with Crippen LogP contribution in [0.15, 0.2) is 11.6 Å². The highest BCUT2D eigenvalue weighted by Crippen LogP contribution is 2.26. The van der Waals surface area contributed by atoms with Crippen LogP contribution in [0.3, 0.4) is 0 Å². The van der Waals surface area contributed by atoms with Gasteiger partial charge in [-0.25, -0.2) is 4.79 Å². The minimum Gasteiger partial charge on any atom is -0.478 e. The lowest BCUT2D eigenvalue weighted by molar-refractivity contribution is -0.177. The number of amides is 1. The Morgan fingerprint density at radius 3 is 2.48 bits per heavy atom. The molecule has 7 nitrogen and oxygen atoms in total. The Hall–Kier alpha value is -1.44. The Labute approximate surface area is 137 Å². The predicted octanol–water partition coefficient (Wildman–Crippen LogP) is 1.47. The van der Waals surface area contributed by atoms with E-state index in [0.717, 1.165) is 0 Å². The van der Waals surface area contributed by atoms with Crippen LogP contribution in [-0.2, 0) is 23.8 Å². The number of rotatable bonds is 8. The summed E-state index contributed by atoms with van der Waals surface area (Å²) in [5.41, 5.74) is 0.214. The van der Waals surface area contributed by atoms with E-state index in [2.05, 4.69) is 5.32 Å². The van der Waals surface area contributed by atoms with Gasteiger partial charge >= 0.3 is 5.97 Å². The molecule has 1 amide bonds. The van der Waals surface area contributed by atoms with Gasteiger partial charge in [-0.05, 0) is 33.8 Å². The van der Waals surface area contributed by atoms with Gasteiger partial charge < -0.3 is 24.6 Å². The number of carbonyl (C=O) groups is 2. The van der Waals surface area contributed by atoms with Crippen molar-refractivity contribution in [2.75, 3.05) is 6.61 Å². The molecule has 0 saturated carbocycles. The monoisotopic (exact) mass is 329 g/mol. The molecule has 1 aliphatic rings. The minimum absolute atomic E-state index is 0.120. The fourth-order valence-corrected chi connectivity index (χ4v) is 2.58. The van der Waals surface area contributed by atoms with E-state index in [0.29, 0.717) is 6.61 Å². The van der Waals surface area contributed by atoms with Crippen LogP contribution in [0, 0.1) is 0 Å². The van der Waals surface area contributed by atoms with Gasteiger partial charge in [-0.1, -0.05) is 0 Å². The van der Waals surface area contributed by atoms with Gasteiger partial charge in [-0.3, -0.25) is 4.79 Å². The first-order valence-corrected chi connectivity index (χ1v) is 7.88. The van der Waals surface area contributed by atoms with Crippen molar-refractivity contribution in [2.24, 2.45) is 0 Å². The van der Waals surface area contributed by atoms with Crippen molar-refractivity contribution < 1.29 is 28.9 Å². The van der Waals surface area contributed by atoms with Crippen LogP contribution in [0.5, 0.6) is 0 Å². The molecular formula is C16H27NO6. The van der Waals surface area contributed by atoms with Gasteiger partial charge in [-0.15, -0.1) is 0 Å². The van der Waals surface area contributed by atoms with E-state index in [1.165, 1.54) is 6.92 Å². The third kappa shape index (κ3) is 6.29. The van der Waals surface area contributed by atoms with Gasteiger partial charge in [0.1, 0.15) is 0 Å². The Morgan fingerprint density at radius 1 is 1.35 bits per heavy atom. The maximum Gasteiger partial charge on any atom is 0.331 e. The van der Waals surface area contributed by atoms with Crippen molar-refractivity contribution in [3.05, 3.63) is 11.6 Å². The summed E-state index contributed by atoms with van der Waals surface area (Å²) in [6.07, 6.45) is -0.0123. The van der Waals surface area contributed by atoms with Crippen LogP contribution < -0.4 is 5.32 Å². The number of carboxylic acid groups (broad SMARTS) is 1. The fourth-order valence-electron chi connectivity index (χ4n) is 2.58. The first kappa shape index (κ1) is 19.6. The topological polar surface area (TPSA) is 94.1 Å². The number of hydrogen-bond acceptors (Lipinski definition) is 5. The van der Waals surface area contributed by atoms with Crippen LogP contribution in [0.1, 0.15) is 41.0 Å². The summed E-state index contributed by atoms with van der Waals surface area (Å²) < 4.78 is 17.0. The van der Waals surface area contributed by atoms with E-state index in [9.17, 15) is 14.7 Å². The smallest absolute Gasteiger partial charge is 0.331 e. The summed E-state index contributed by atoms with van der Waals surface area (Å²) >= 11 is 0. The molecule has 0 heterocycles. The average Bonchev–Trinajstić information content (AvgIpc) is 2.41. The molecule has 7 heteroatoms. The predicted molar refractivity (Wildman–Crippen MR) is 83.9 cm³/mol. The summed E-state index contributed by atoms with van der Waals surface area (Å²) in [6, 6.07) is -0.471. The molecule has 132 valence electrons. The van der Waals surface area contributed by atoms with Crippen LogP contribution in [0.25, 0.3) is 0 Å². The summed E-state index contributed by atoms with van der Waals surface area (Å²) in [5, 5.41) is 12.1. The molecule has 0 fully saturated rings. The third-order valence-electron chi connectivity index (χ3n) is 3.38. The van der Waals surface area contributed by atoms with Crippen molar-refractivity contribution in [2.45, 2.75) is 71.7 Å². The summed E-state index contributed by atoms with van der Waals surface area (Å²) in [7, 11) is 0. The van der Waals surface area contributed by atoms with Gasteiger partial charge in [0.05, 0.1) is 24.4 Å². The van der Waals surface area contributed by atoms with Gasteiger partial charge in [-0.2, -0.15) is 0 Å². The normalized spacial score (nSPS) is 25.8.